The Morgan fingerprint density at radius 2 is 1.76 bits per heavy atom. The zero-order chi connectivity index (χ0) is 12.6. The summed E-state index contributed by atoms with van der Waals surface area (Å²) in [6.07, 6.45) is 3.30. The fourth-order valence-corrected chi connectivity index (χ4v) is 3.19. The van der Waals surface area contributed by atoms with Crippen molar-refractivity contribution in [2.75, 3.05) is 6.61 Å². The molecule has 0 aliphatic heterocycles. The standard InChI is InChI=1S/C15H23NO/c1-10-7-11(2)13(12(3)8-10)14(16)15(9-17)5-4-6-15/h7-8,14,17H,4-6,9,16H2,1-3H3. The first kappa shape index (κ1) is 12.6. The van der Waals surface area contributed by atoms with Crippen LogP contribution in [0.4, 0.5) is 0 Å². The molecule has 2 heteroatoms. The molecule has 1 aliphatic rings. The third-order valence-corrected chi connectivity index (χ3v) is 4.37. The minimum Gasteiger partial charge on any atom is -0.396 e. The maximum atomic E-state index is 9.62. The van der Waals surface area contributed by atoms with E-state index in [2.05, 4.69) is 32.9 Å². The SMILES string of the molecule is Cc1cc(C)c(C(N)C2(CO)CCC2)c(C)c1. The van der Waals surface area contributed by atoms with Gasteiger partial charge in [0.2, 0.25) is 0 Å². The van der Waals surface area contributed by atoms with Gasteiger partial charge in [-0.1, -0.05) is 24.1 Å². The maximum absolute atomic E-state index is 9.62. The van der Waals surface area contributed by atoms with Crippen LogP contribution in [0.3, 0.4) is 0 Å². The summed E-state index contributed by atoms with van der Waals surface area (Å²) < 4.78 is 0. The Morgan fingerprint density at radius 3 is 2.12 bits per heavy atom. The molecule has 0 saturated heterocycles. The van der Waals surface area contributed by atoms with E-state index < -0.39 is 0 Å². The summed E-state index contributed by atoms with van der Waals surface area (Å²) in [5.41, 5.74) is 11.4. The van der Waals surface area contributed by atoms with Crippen LogP contribution in [0.2, 0.25) is 0 Å². The van der Waals surface area contributed by atoms with E-state index in [0.29, 0.717) is 0 Å². The van der Waals surface area contributed by atoms with Crippen LogP contribution in [-0.2, 0) is 0 Å². The highest BCUT2D eigenvalue weighted by Gasteiger charge is 2.43. The van der Waals surface area contributed by atoms with Crippen molar-refractivity contribution in [3.63, 3.8) is 0 Å². The zero-order valence-electron chi connectivity index (χ0n) is 11.1. The molecule has 1 aromatic carbocycles. The lowest BCUT2D eigenvalue weighted by molar-refractivity contribution is 0.0180. The van der Waals surface area contributed by atoms with E-state index in [4.69, 9.17) is 5.73 Å². The molecule has 0 heterocycles. The van der Waals surface area contributed by atoms with Crippen LogP contribution in [0.1, 0.15) is 47.6 Å². The molecule has 2 nitrogen and oxygen atoms in total. The lowest BCUT2D eigenvalue weighted by atomic mass is 9.62. The van der Waals surface area contributed by atoms with E-state index in [-0.39, 0.29) is 18.1 Å². The highest BCUT2D eigenvalue weighted by atomic mass is 16.3. The molecular weight excluding hydrogens is 210 g/mol. The van der Waals surface area contributed by atoms with Crippen LogP contribution in [0.25, 0.3) is 0 Å². The van der Waals surface area contributed by atoms with Crippen LogP contribution in [0.5, 0.6) is 0 Å². The summed E-state index contributed by atoms with van der Waals surface area (Å²) in [7, 11) is 0. The molecule has 0 amide bonds. The van der Waals surface area contributed by atoms with Crippen LogP contribution in [0, 0.1) is 26.2 Å². The van der Waals surface area contributed by atoms with Crippen LogP contribution < -0.4 is 5.73 Å². The Hall–Kier alpha value is -0.860. The van der Waals surface area contributed by atoms with E-state index in [1.165, 1.54) is 28.7 Å². The van der Waals surface area contributed by atoms with Crippen molar-refractivity contribution in [3.8, 4) is 0 Å². The minimum absolute atomic E-state index is 0.0261. The summed E-state index contributed by atoms with van der Waals surface area (Å²) in [5.74, 6) is 0. The summed E-state index contributed by atoms with van der Waals surface area (Å²) in [4.78, 5) is 0. The van der Waals surface area contributed by atoms with Gasteiger partial charge in [-0.05, 0) is 50.3 Å². The largest absolute Gasteiger partial charge is 0.396 e. The summed E-state index contributed by atoms with van der Waals surface area (Å²) in [6, 6.07) is 4.35. The van der Waals surface area contributed by atoms with Gasteiger partial charge in [0.25, 0.3) is 0 Å². The van der Waals surface area contributed by atoms with E-state index in [9.17, 15) is 5.11 Å². The molecule has 1 saturated carbocycles. The van der Waals surface area contributed by atoms with Gasteiger partial charge in [-0.3, -0.25) is 0 Å². The van der Waals surface area contributed by atoms with E-state index in [0.717, 1.165) is 12.8 Å². The number of nitrogens with two attached hydrogens (primary N) is 1. The smallest absolute Gasteiger partial charge is 0.0505 e. The predicted molar refractivity (Wildman–Crippen MR) is 71.0 cm³/mol. The predicted octanol–water partition coefficient (Wildman–Crippen LogP) is 2.77. The van der Waals surface area contributed by atoms with Crippen LogP contribution in [-0.4, -0.2) is 11.7 Å². The van der Waals surface area contributed by atoms with Crippen molar-refractivity contribution >= 4 is 0 Å². The summed E-state index contributed by atoms with van der Waals surface area (Å²) in [6.45, 7) is 6.57. The fourth-order valence-electron chi connectivity index (χ4n) is 3.19. The first-order valence-electron chi connectivity index (χ1n) is 6.44. The second kappa shape index (κ2) is 4.43. The van der Waals surface area contributed by atoms with Gasteiger partial charge in [-0.25, -0.2) is 0 Å². The number of hydrogen-bond acceptors (Lipinski definition) is 2. The Bertz CT molecular complexity index is 392. The quantitative estimate of drug-likeness (QED) is 0.843. The average Bonchev–Trinajstić information content (AvgIpc) is 2.14. The monoisotopic (exact) mass is 233 g/mol. The molecule has 0 spiro atoms. The zero-order valence-corrected chi connectivity index (χ0v) is 11.1. The average molecular weight is 233 g/mol. The van der Waals surface area contributed by atoms with Crippen molar-refractivity contribution in [3.05, 3.63) is 34.4 Å². The Balaban J connectivity index is 2.40. The van der Waals surface area contributed by atoms with Crippen molar-refractivity contribution in [2.45, 2.75) is 46.1 Å². The Kier molecular flexibility index (Phi) is 3.28. The topological polar surface area (TPSA) is 46.2 Å². The molecule has 1 aromatic rings. The molecule has 17 heavy (non-hydrogen) atoms. The third kappa shape index (κ3) is 2.00. The third-order valence-electron chi connectivity index (χ3n) is 4.37. The lowest BCUT2D eigenvalue weighted by Crippen LogP contribution is -2.44. The lowest BCUT2D eigenvalue weighted by Gasteiger charge is -2.46. The molecule has 1 aliphatic carbocycles. The first-order valence-corrected chi connectivity index (χ1v) is 6.44. The maximum Gasteiger partial charge on any atom is 0.0505 e. The van der Waals surface area contributed by atoms with E-state index in [1.807, 2.05) is 0 Å². The summed E-state index contributed by atoms with van der Waals surface area (Å²) >= 11 is 0. The molecule has 0 radical (unpaired) electrons. The van der Waals surface area contributed by atoms with Crippen molar-refractivity contribution in [2.24, 2.45) is 11.1 Å². The summed E-state index contributed by atoms with van der Waals surface area (Å²) in [5, 5.41) is 9.62. The van der Waals surface area contributed by atoms with Gasteiger partial charge >= 0.3 is 0 Å². The molecule has 1 unspecified atom stereocenters. The number of aryl methyl sites for hydroxylation is 3. The first-order chi connectivity index (χ1) is 8.00. The Labute approximate surface area is 104 Å². The molecule has 1 atom stereocenters. The minimum atomic E-state index is -0.0647. The van der Waals surface area contributed by atoms with Gasteiger partial charge in [0.05, 0.1) is 6.61 Å². The number of aliphatic hydroxyl groups excluding tert-OH is 1. The molecule has 94 valence electrons. The van der Waals surface area contributed by atoms with Gasteiger partial charge in [0, 0.05) is 11.5 Å². The highest BCUT2D eigenvalue weighted by molar-refractivity contribution is 5.40. The Morgan fingerprint density at radius 1 is 1.24 bits per heavy atom. The van der Waals surface area contributed by atoms with Crippen molar-refractivity contribution < 1.29 is 5.11 Å². The molecule has 0 aromatic heterocycles. The second-order valence-electron chi connectivity index (χ2n) is 5.66. The molecule has 0 bridgehead atoms. The number of benzene rings is 1. The van der Waals surface area contributed by atoms with Gasteiger partial charge in [0.15, 0.2) is 0 Å². The van der Waals surface area contributed by atoms with Crippen LogP contribution in [0.15, 0.2) is 12.1 Å². The van der Waals surface area contributed by atoms with Gasteiger partial charge in [0.1, 0.15) is 0 Å². The molecular formula is C15H23NO. The van der Waals surface area contributed by atoms with Crippen molar-refractivity contribution in [1.82, 2.24) is 0 Å². The van der Waals surface area contributed by atoms with E-state index >= 15 is 0 Å². The molecule has 2 rings (SSSR count). The fraction of sp³-hybridized carbons (Fsp3) is 0.600. The van der Waals surface area contributed by atoms with Gasteiger partial charge < -0.3 is 10.8 Å². The van der Waals surface area contributed by atoms with Gasteiger partial charge in [-0.2, -0.15) is 0 Å². The van der Waals surface area contributed by atoms with Gasteiger partial charge in [-0.15, -0.1) is 0 Å². The van der Waals surface area contributed by atoms with Crippen molar-refractivity contribution in [1.29, 1.82) is 0 Å². The molecule has 1 fully saturated rings. The number of hydrogen-bond donors (Lipinski definition) is 2. The number of rotatable bonds is 3. The highest BCUT2D eigenvalue weighted by Crippen LogP contribution is 2.49. The van der Waals surface area contributed by atoms with E-state index in [1.54, 1.807) is 0 Å². The number of aliphatic hydroxyl groups is 1. The van der Waals surface area contributed by atoms with Crippen LogP contribution >= 0.6 is 0 Å². The second-order valence-corrected chi connectivity index (χ2v) is 5.66. The normalized spacial score (nSPS) is 19.8. The molecule has 3 N–H and O–H groups in total.